The first-order chi connectivity index (χ1) is 7.61. The molecule has 2 aromatic heterocycles. The SMILES string of the molecule is CCOC(=O)Cc1cn2c(C)c(C)sc2n1. The summed E-state index contributed by atoms with van der Waals surface area (Å²) >= 11 is 1.64. The number of thiazole rings is 1. The van der Waals surface area contributed by atoms with Crippen molar-refractivity contribution in [2.75, 3.05) is 6.61 Å². The molecule has 0 aliphatic rings. The summed E-state index contributed by atoms with van der Waals surface area (Å²) in [6, 6.07) is 0. The van der Waals surface area contributed by atoms with Gasteiger partial charge in [0.25, 0.3) is 0 Å². The van der Waals surface area contributed by atoms with E-state index in [1.54, 1.807) is 18.3 Å². The van der Waals surface area contributed by atoms with Crippen LogP contribution in [0, 0.1) is 13.8 Å². The number of carbonyl (C=O) groups excluding carboxylic acids is 1. The van der Waals surface area contributed by atoms with Gasteiger partial charge in [0, 0.05) is 16.8 Å². The normalized spacial score (nSPS) is 10.9. The van der Waals surface area contributed by atoms with Gasteiger partial charge in [-0.25, -0.2) is 4.98 Å². The van der Waals surface area contributed by atoms with E-state index in [1.165, 1.54) is 10.6 Å². The molecule has 0 atom stereocenters. The van der Waals surface area contributed by atoms with Crippen LogP contribution >= 0.6 is 11.3 Å². The van der Waals surface area contributed by atoms with Crippen molar-refractivity contribution in [3.63, 3.8) is 0 Å². The average molecular weight is 238 g/mol. The number of rotatable bonds is 3. The van der Waals surface area contributed by atoms with E-state index in [0.717, 1.165) is 10.7 Å². The van der Waals surface area contributed by atoms with Gasteiger partial charge in [-0.05, 0) is 20.8 Å². The third-order valence-electron chi connectivity index (χ3n) is 2.47. The molecule has 0 spiro atoms. The van der Waals surface area contributed by atoms with Crippen molar-refractivity contribution in [1.82, 2.24) is 9.38 Å². The van der Waals surface area contributed by atoms with E-state index in [0.29, 0.717) is 6.61 Å². The molecular weight excluding hydrogens is 224 g/mol. The number of carbonyl (C=O) groups is 1. The summed E-state index contributed by atoms with van der Waals surface area (Å²) in [7, 11) is 0. The van der Waals surface area contributed by atoms with Crippen molar-refractivity contribution in [3.05, 3.63) is 22.5 Å². The zero-order valence-corrected chi connectivity index (χ0v) is 10.4. The lowest BCUT2D eigenvalue weighted by molar-refractivity contribution is -0.142. The maximum Gasteiger partial charge on any atom is 0.311 e. The zero-order valence-electron chi connectivity index (χ0n) is 9.61. The van der Waals surface area contributed by atoms with Gasteiger partial charge in [0.15, 0.2) is 4.96 Å². The Morgan fingerprint density at radius 3 is 2.94 bits per heavy atom. The van der Waals surface area contributed by atoms with E-state index in [4.69, 9.17) is 4.74 Å². The molecule has 86 valence electrons. The predicted octanol–water partition coefficient (Wildman–Crippen LogP) is 2.12. The van der Waals surface area contributed by atoms with Crippen LogP contribution in [0.1, 0.15) is 23.2 Å². The smallest absolute Gasteiger partial charge is 0.311 e. The van der Waals surface area contributed by atoms with Crippen molar-refractivity contribution in [3.8, 4) is 0 Å². The van der Waals surface area contributed by atoms with Crippen molar-refractivity contribution in [2.45, 2.75) is 27.2 Å². The van der Waals surface area contributed by atoms with Crippen LogP contribution in [-0.2, 0) is 16.0 Å². The van der Waals surface area contributed by atoms with E-state index in [9.17, 15) is 4.79 Å². The number of aryl methyl sites for hydroxylation is 2. The van der Waals surface area contributed by atoms with Crippen LogP contribution in [0.3, 0.4) is 0 Å². The molecule has 0 N–H and O–H groups in total. The minimum atomic E-state index is -0.220. The van der Waals surface area contributed by atoms with Gasteiger partial charge in [-0.3, -0.25) is 9.20 Å². The lowest BCUT2D eigenvalue weighted by Crippen LogP contribution is -2.07. The lowest BCUT2D eigenvalue weighted by Gasteiger charge is -1.97. The second kappa shape index (κ2) is 4.25. The second-order valence-electron chi connectivity index (χ2n) is 3.61. The first-order valence-electron chi connectivity index (χ1n) is 5.21. The van der Waals surface area contributed by atoms with E-state index < -0.39 is 0 Å². The Labute approximate surface area is 97.9 Å². The van der Waals surface area contributed by atoms with Gasteiger partial charge in [-0.1, -0.05) is 0 Å². The van der Waals surface area contributed by atoms with Crippen LogP contribution in [0.4, 0.5) is 0 Å². The molecule has 0 fully saturated rings. The van der Waals surface area contributed by atoms with E-state index in [1.807, 2.05) is 10.6 Å². The van der Waals surface area contributed by atoms with E-state index in [2.05, 4.69) is 18.8 Å². The number of nitrogens with zero attached hydrogens (tertiary/aromatic N) is 2. The molecule has 16 heavy (non-hydrogen) atoms. The monoisotopic (exact) mass is 238 g/mol. The summed E-state index contributed by atoms with van der Waals surface area (Å²) in [5.41, 5.74) is 1.95. The standard InChI is InChI=1S/C11H14N2O2S/c1-4-15-10(14)5-9-6-13-7(2)8(3)16-11(13)12-9/h6H,4-5H2,1-3H3. The minimum absolute atomic E-state index is 0.220. The number of esters is 1. The highest BCUT2D eigenvalue weighted by Crippen LogP contribution is 2.21. The molecule has 2 aromatic rings. The van der Waals surface area contributed by atoms with Crippen LogP contribution in [-0.4, -0.2) is 22.0 Å². The lowest BCUT2D eigenvalue weighted by atomic mass is 10.3. The summed E-state index contributed by atoms with van der Waals surface area (Å²) in [6.07, 6.45) is 2.16. The fourth-order valence-electron chi connectivity index (χ4n) is 1.55. The Morgan fingerprint density at radius 2 is 2.31 bits per heavy atom. The third-order valence-corrected chi connectivity index (χ3v) is 3.54. The van der Waals surface area contributed by atoms with Crippen molar-refractivity contribution >= 4 is 22.3 Å². The fraction of sp³-hybridized carbons (Fsp3) is 0.455. The summed E-state index contributed by atoms with van der Waals surface area (Å²) < 4.78 is 6.91. The third kappa shape index (κ3) is 1.95. The van der Waals surface area contributed by atoms with Crippen LogP contribution in [0.15, 0.2) is 6.20 Å². The molecule has 0 saturated carbocycles. The van der Waals surface area contributed by atoms with Crippen molar-refractivity contribution in [1.29, 1.82) is 0 Å². The second-order valence-corrected chi connectivity index (χ2v) is 4.79. The van der Waals surface area contributed by atoms with Gasteiger partial charge in [-0.15, -0.1) is 11.3 Å². The van der Waals surface area contributed by atoms with Crippen molar-refractivity contribution in [2.24, 2.45) is 0 Å². The van der Waals surface area contributed by atoms with Gasteiger partial charge >= 0.3 is 5.97 Å². The molecule has 0 aliphatic carbocycles. The Bertz CT molecular complexity index is 527. The van der Waals surface area contributed by atoms with Gasteiger partial charge in [0.05, 0.1) is 18.7 Å². The highest BCUT2D eigenvalue weighted by Gasteiger charge is 2.11. The first kappa shape index (κ1) is 11.1. The maximum absolute atomic E-state index is 11.3. The number of aromatic nitrogens is 2. The highest BCUT2D eigenvalue weighted by atomic mass is 32.1. The van der Waals surface area contributed by atoms with Crippen LogP contribution in [0.25, 0.3) is 4.96 Å². The summed E-state index contributed by atoms with van der Waals surface area (Å²) in [5, 5.41) is 0. The molecule has 0 amide bonds. The van der Waals surface area contributed by atoms with E-state index >= 15 is 0 Å². The summed E-state index contributed by atoms with van der Waals surface area (Å²) in [6.45, 7) is 6.34. The number of imidazole rings is 1. The Kier molecular flexibility index (Phi) is 2.96. The Morgan fingerprint density at radius 1 is 1.56 bits per heavy atom. The summed E-state index contributed by atoms with van der Waals surface area (Å²) in [4.78, 5) is 17.9. The van der Waals surface area contributed by atoms with Gasteiger partial charge < -0.3 is 4.74 Å². The molecular formula is C11H14N2O2S. The molecule has 0 unspecified atom stereocenters. The molecule has 0 saturated heterocycles. The molecule has 4 nitrogen and oxygen atoms in total. The number of fused-ring (bicyclic) bond motifs is 1. The van der Waals surface area contributed by atoms with Gasteiger partial charge in [0.2, 0.25) is 0 Å². The topological polar surface area (TPSA) is 43.6 Å². The quantitative estimate of drug-likeness (QED) is 0.769. The number of hydrogen-bond donors (Lipinski definition) is 0. The Hall–Kier alpha value is -1.36. The Balaban J connectivity index is 2.24. The first-order valence-corrected chi connectivity index (χ1v) is 6.03. The molecule has 5 heteroatoms. The highest BCUT2D eigenvalue weighted by molar-refractivity contribution is 7.17. The number of ether oxygens (including phenoxy) is 1. The molecule has 0 radical (unpaired) electrons. The summed E-state index contributed by atoms with van der Waals surface area (Å²) in [5.74, 6) is -0.220. The fourth-order valence-corrected chi connectivity index (χ4v) is 2.52. The minimum Gasteiger partial charge on any atom is -0.466 e. The zero-order chi connectivity index (χ0) is 11.7. The molecule has 0 bridgehead atoms. The molecule has 0 aliphatic heterocycles. The largest absolute Gasteiger partial charge is 0.466 e. The molecule has 2 rings (SSSR count). The molecule has 0 aromatic carbocycles. The van der Waals surface area contributed by atoms with Crippen LogP contribution < -0.4 is 0 Å². The predicted molar refractivity (Wildman–Crippen MR) is 62.9 cm³/mol. The molecule has 2 heterocycles. The number of hydrogen-bond acceptors (Lipinski definition) is 4. The van der Waals surface area contributed by atoms with Crippen LogP contribution in [0.2, 0.25) is 0 Å². The van der Waals surface area contributed by atoms with Gasteiger partial charge in [-0.2, -0.15) is 0 Å². The van der Waals surface area contributed by atoms with Crippen molar-refractivity contribution < 1.29 is 9.53 Å². The average Bonchev–Trinajstić information content (AvgIpc) is 2.69. The maximum atomic E-state index is 11.3. The van der Waals surface area contributed by atoms with Crippen LogP contribution in [0.5, 0.6) is 0 Å². The van der Waals surface area contributed by atoms with E-state index in [-0.39, 0.29) is 12.4 Å². The van der Waals surface area contributed by atoms with Gasteiger partial charge in [0.1, 0.15) is 0 Å².